The van der Waals surface area contributed by atoms with Crippen molar-refractivity contribution < 1.29 is 4.42 Å². The fourth-order valence-electron chi connectivity index (χ4n) is 7.45. The van der Waals surface area contributed by atoms with E-state index in [1.54, 1.807) is 11.3 Å². The normalized spacial score (nSPS) is 11.9. The molecule has 0 saturated carbocycles. The van der Waals surface area contributed by atoms with Crippen molar-refractivity contribution in [2.24, 2.45) is 0 Å². The molecule has 0 amide bonds. The summed E-state index contributed by atoms with van der Waals surface area (Å²) in [6.07, 6.45) is 0. The van der Waals surface area contributed by atoms with Crippen molar-refractivity contribution >= 4 is 75.3 Å². The highest BCUT2D eigenvalue weighted by atomic mass is 32.1. The lowest BCUT2D eigenvalue weighted by Crippen LogP contribution is -1.99. The van der Waals surface area contributed by atoms with Crippen molar-refractivity contribution in [2.45, 2.75) is 0 Å². The van der Waals surface area contributed by atoms with Crippen LogP contribution in [0.25, 0.3) is 104 Å². The van der Waals surface area contributed by atoms with Gasteiger partial charge in [-0.2, -0.15) is 0 Å². The summed E-state index contributed by atoms with van der Waals surface area (Å²) < 4.78 is 11.1. The summed E-state index contributed by atoms with van der Waals surface area (Å²) >= 11 is 1.80. The van der Waals surface area contributed by atoms with Gasteiger partial charge in [-0.25, -0.2) is 15.0 Å². The zero-order valence-electron chi connectivity index (χ0n) is 27.1. The van der Waals surface area contributed by atoms with Crippen LogP contribution in [0, 0.1) is 0 Å². The topological polar surface area (TPSA) is 56.7 Å². The minimum Gasteiger partial charge on any atom is -0.456 e. The fourth-order valence-corrected chi connectivity index (χ4v) is 8.62. The largest absolute Gasteiger partial charge is 0.456 e. The van der Waals surface area contributed by atoms with Gasteiger partial charge in [0.05, 0.1) is 11.0 Å². The van der Waals surface area contributed by atoms with Gasteiger partial charge in [-0.05, 0) is 42.5 Å². The van der Waals surface area contributed by atoms with Gasteiger partial charge in [0.15, 0.2) is 17.5 Å². The first-order valence-corrected chi connectivity index (χ1v) is 17.8. The van der Waals surface area contributed by atoms with E-state index in [1.165, 1.54) is 36.5 Å². The molecule has 0 aliphatic rings. The number of benzene rings is 7. The van der Waals surface area contributed by atoms with Crippen molar-refractivity contribution in [3.05, 3.63) is 158 Å². The van der Waals surface area contributed by atoms with E-state index in [1.807, 2.05) is 72.8 Å². The van der Waals surface area contributed by atoms with Gasteiger partial charge < -0.3 is 8.98 Å². The third-order valence-electron chi connectivity index (χ3n) is 9.84. The zero-order valence-corrected chi connectivity index (χ0v) is 27.9. The first-order chi connectivity index (χ1) is 25.2. The lowest BCUT2D eigenvalue weighted by Gasteiger charge is -2.08. The Bertz CT molecular complexity index is 3080. The molecule has 0 aliphatic carbocycles. The number of nitrogens with zero attached hydrogens (tertiary/aromatic N) is 4. The van der Waals surface area contributed by atoms with Crippen LogP contribution in [-0.2, 0) is 0 Å². The maximum absolute atomic E-state index is 6.30. The molecule has 4 aromatic heterocycles. The molecule has 0 unspecified atom stereocenters. The molecular formula is C45H26N4OS. The monoisotopic (exact) mass is 670 g/mol. The van der Waals surface area contributed by atoms with Crippen molar-refractivity contribution in [1.82, 2.24) is 19.5 Å². The number of hydrogen-bond donors (Lipinski definition) is 0. The smallest absolute Gasteiger partial charge is 0.164 e. The predicted octanol–water partition coefficient (Wildman–Crippen LogP) is 12.2. The Balaban J connectivity index is 1.07. The zero-order chi connectivity index (χ0) is 33.5. The van der Waals surface area contributed by atoms with Crippen LogP contribution in [0.2, 0.25) is 0 Å². The average molecular weight is 671 g/mol. The SMILES string of the molecule is c1ccc(-c2nc(-c3ccccc3)nc(-c3ccc4c(c3)sc3cc(-n5c6ccccc6c6cc7oc8ccccc8c7cc65)ccc34)n2)cc1. The fraction of sp³-hybridized carbons (Fsp3) is 0. The highest BCUT2D eigenvalue weighted by Gasteiger charge is 2.18. The van der Waals surface area contributed by atoms with E-state index in [0.29, 0.717) is 17.5 Å². The molecule has 7 aromatic carbocycles. The highest BCUT2D eigenvalue weighted by molar-refractivity contribution is 7.25. The van der Waals surface area contributed by atoms with Crippen LogP contribution in [0.3, 0.4) is 0 Å². The second-order valence-corrected chi connectivity index (χ2v) is 13.9. The summed E-state index contributed by atoms with van der Waals surface area (Å²) in [5, 5.41) is 7.10. The number of fused-ring (bicyclic) bond motifs is 9. The maximum Gasteiger partial charge on any atom is 0.164 e. The molecule has 5 nitrogen and oxygen atoms in total. The van der Waals surface area contributed by atoms with Crippen molar-refractivity contribution in [1.29, 1.82) is 0 Å². The summed E-state index contributed by atoms with van der Waals surface area (Å²) in [5.41, 5.74) is 8.16. The Hall–Kier alpha value is -6.63. The van der Waals surface area contributed by atoms with Gasteiger partial charge in [0.1, 0.15) is 11.2 Å². The molecule has 0 aliphatic heterocycles. The molecule has 0 spiro atoms. The van der Waals surface area contributed by atoms with E-state index in [0.717, 1.165) is 49.8 Å². The van der Waals surface area contributed by atoms with Crippen LogP contribution in [0.5, 0.6) is 0 Å². The Morgan fingerprint density at radius 1 is 0.392 bits per heavy atom. The Morgan fingerprint density at radius 3 is 1.75 bits per heavy atom. The van der Waals surface area contributed by atoms with Gasteiger partial charge in [-0.1, -0.05) is 115 Å². The van der Waals surface area contributed by atoms with Crippen molar-refractivity contribution in [2.75, 3.05) is 0 Å². The average Bonchev–Trinajstić information content (AvgIpc) is 3.85. The van der Waals surface area contributed by atoms with Gasteiger partial charge in [-0.3, -0.25) is 0 Å². The first-order valence-electron chi connectivity index (χ1n) is 16.9. The second kappa shape index (κ2) is 10.9. The molecule has 11 rings (SSSR count). The predicted molar refractivity (Wildman–Crippen MR) is 211 cm³/mol. The molecule has 4 heterocycles. The molecule has 0 fully saturated rings. The first kappa shape index (κ1) is 28.2. The van der Waals surface area contributed by atoms with Crippen LogP contribution in [0.15, 0.2) is 162 Å². The van der Waals surface area contributed by atoms with E-state index in [2.05, 4.69) is 89.5 Å². The van der Waals surface area contributed by atoms with E-state index < -0.39 is 0 Å². The molecule has 6 heteroatoms. The summed E-state index contributed by atoms with van der Waals surface area (Å²) in [5.74, 6) is 1.98. The van der Waals surface area contributed by atoms with Gasteiger partial charge in [0.25, 0.3) is 0 Å². The van der Waals surface area contributed by atoms with E-state index >= 15 is 0 Å². The second-order valence-electron chi connectivity index (χ2n) is 12.8. The molecule has 0 radical (unpaired) electrons. The lowest BCUT2D eigenvalue weighted by atomic mass is 10.1. The number of rotatable bonds is 4. The quantitative estimate of drug-likeness (QED) is 0.187. The Morgan fingerprint density at radius 2 is 1.00 bits per heavy atom. The van der Waals surface area contributed by atoms with Gasteiger partial charge in [0.2, 0.25) is 0 Å². The Labute approximate surface area is 295 Å². The molecular weight excluding hydrogens is 645 g/mol. The van der Waals surface area contributed by atoms with Gasteiger partial charge in [0, 0.05) is 64.1 Å². The number of aromatic nitrogens is 4. The van der Waals surface area contributed by atoms with Crippen LogP contribution in [-0.4, -0.2) is 19.5 Å². The minimum absolute atomic E-state index is 0.658. The number of thiophene rings is 1. The van der Waals surface area contributed by atoms with E-state index in [4.69, 9.17) is 19.4 Å². The van der Waals surface area contributed by atoms with E-state index in [9.17, 15) is 0 Å². The van der Waals surface area contributed by atoms with Gasteiger partial charge in [-0.15, -0.1) is 11.3 Å². The summed E-state index contributed by atoms with van der Waals surface area (Å²) in [7, 11) is 0. The lowest BCUT2D eigenvalue weighted by molar-refractivity contribution is 0.669. The van der Waals surface area contributed by atoms with Crippen LogP contribution in [0.1, 0.15) is 0 Å². The molecule has 0 N–H and O–H groups in total. The maximum atomic E-state index is 6.30. The van der Waals surface area contributed by atoms with Crippen molar-refractivity contribution in [3.8, 4) is 39.9 Å². The molecule has 238 valence electrons. The summed E-state index contributed by atoms with van der Waals surface area (Å²) in [6.45, 7) is 0. The third kappa shape index (κ3) is 4.43. The van der Waals surface area contributed by atoms with Crippen LogP contribution < -0.4 is 0 Å². The standard InChI is InChI=1S/C45H26N4OS/c1-3-11-27(12-4-1)43-46-44(28-13-5-2-6-14-28)48-45(47-43)29-19-21-33-34-22-20-30(24-42(34)51-41(33)23-29)49-37-17-9-7-15-31(37)35-26-40-36(25-38(35)49)32-16-8-10-18-39(32)50-40/h1-26H. The molecule has 11 aromatic rings. The summed E-state index contributed by atoms with van der Waals surface area (Å²) in [4.78, 5) is 14.8. The van der Waals surface area contributed by atoms with Crippen LogP contribution in [0.4, 0.5) is 0 Å². The number of para-hydroxylation sites is 2. The van der Waals surface area contributed by atoms with Crippen molar-refractivity contribution in [3.63, 3.8) is 0 Å². The van der Waals surface area contributed by atoms with Gasteiger partial charge >= 0.3 is 0 Å². The molecule has 0 atom stereocenters. The minimum atomic E-state index is 0.658. The van der Waals surface area contributed by atoms with E-state index in [-0.39, 0.29) is 0 Å². The highest BCUT2D eigenvalue weighted by Crippen LogP contribution is 2.41. The number of hydrogen-bond acceptors (Lipinski definition) is 5. The summed E-state index contributed by atoms with van der Waals surface area (Å²) in [6, 6.07) is 55.0. The third-order valence-corrected chi connectivity index (χ3v) is 11.0. The molecule has 51 heavy (non-hydrogen) atoms. The Kier molecular flexibility index (Phi) is 6.05. The molecule has 0 saturated heterocycles. The molecule has 0 bridgehead atoms. The number of furan rings is 1. The van der Waals surface area contributed by atoms with Crippen LogP contribution >= 0.6 is 11.3 Å².